The van der Waals surface area contributed by atoms with E-state index in [1.54, 1.807) is 6.07 Å². The highest BCUT2D eigenvalue weighted by Gasteiger charge is 2.22. The SMILES string of the molecule is O=C(CCC1CCN(Cc2cccc(O)c2)CC1)c1ccc2c(c1)CN(Cc1ccc(F)cc1)c1ccccc1CC2. The van der Waals surface area contributed by atoms with Crippen LogP contribution in [0.2, 0.25) is 0 Å². The second kappa shape index (κ2) is 12.9. The zero-order valence-electron chi connectivity index (χ0n) is 24.1. The average Bonchev–Trinajstić information content (AvgIpc) is 3.00. The number of aromatic hydroxyl groups is 1. The lowest BCUT2D eigenvalue weighted by Gasteiger charge is -2.32. The number of phenols is 1. The number of halogens is 1. The summed E-state index contributed by atoms with van der Waals surface area (Å²) in [5.41, 5.74) is 8.04. The molecule has 0 spiro atoms. The van der Waals surface area contributed by atoms with Crippen molar-refractivity contribution >= 4 is 11.5 Å². The summed E-state index contributed by atoms with van der Waals surface area (Å²) in [7, 11) is 0. The number of ketones is 1. The second-order valence-electron chi connectivity index (χ2n) is 11.9. The van der Waals surface area contributed by atoms with Crippen LogP contribution >= 0.6 is 0 Å². The van der Waals surface area contributed by atoms with Crippen molar-refractivity contribution < 1.29 is 14.3 Å². The maximum absolute atomic E-state index is 13.6. The molecule has 0 unspecified atom stereocenters. The van der Waals surface area contributed by atoms with Gasteiger partial charge in [-0.05, 0) is 115 Å². The zero-order valence-corrected chi connectivity index (χ0v) is 24.1. The molecule has 1 saturated heterocycles. The van der Waals surface area contributed by atoms with E-state index in [0.29, 0.717) is 31.2 Å². The van der Waals surface area contributed by atoms with Gasteiger partial charge in [-0.15, -0.1) is 0 Å². The van der Waals surface area contributed by atoms with Crippen molar-refractivity contribution in [3.05, 3.63) is 130 Å². The lowest BCUT2D eigenvalue weighted by Crippen LogP contribution is -2.33. The van der Waals surface area contributed by atoms with Gasteiger partial charge >= 0.3 is 0 Å². The quantitative estimate of drug-likeness (QED) is 0.223. The molecule has 42 heavy (non-hydrogen) atoms. The maximum atomic E-state index is 13.6. The van der Waals surface area contributed by atoms with Crippen LogP contribution in [0.25, 0.3) is 0 Å². The summed E-state index contributed by atoms with van der Waals surface area (Å²) in [6, 6.07) is 29.1. The van der Waals surface area contributed by atoms with E-state index in [0.717, 1.165) is 68.4 Å². The minimum Gasteiger partial charge on any atom is -0.508 e. The number of nitrogens with zero attached hydrogens (tertiary/aromatic N) is 2. The number of anilines is 1. The van der Waals surface area contributed by atoms with Crippen LogP contribution in [0.4, 0.5) is 10.1 Å². The van der Waals surface area contributed by atoms with E-state index in [1.807, 2.05) is 30.3 Å². The van der Waals surface area contributed by atoms with Crippen molar-refractivity contribution in [3.8, 4) is 5.75 Å². The molecule has 0 bridgehead atoms. The number of aryl methyl sites for hydroxylation is 2. The molecule has 0 aliphatic carbocycles. The van der Waals surface area contributed by atoms with E-state index in [-0.39, 0.29) is 11.6 Å². The van der Waals surface area contributed by atoms with Crippen LogP contribution in [0.1, 0.15) is 63.9 Å². The molecule has 2 aliphatic rings. The number of carbonyl (C=O) groups excluding carboxylic acids is 1. The van der Waals surface area contributed by atoms with E-state index in [1.165, 1.54) is 34.5 Å². The number of carbonyl (C=O) groups is 1. The fourth-order valence-electron chi connectivity index (χ4n) is 6.56. The number of benzene rings is 4. The highest BCUT2D eigenvalue weighted by molar-refractivity contribution is 5.96. The Morgan fingerprint density at radius 1 is 0.786 bits per heavy atom. The number of para-hydroxylation sites is 1. The normalized spacial score (nSPS) is 15.9. The monoisotopic (exact) mass is 562 g/mol. The summed E-state index contributed by atoms with van der Waals surface area (Å²) in [6.07, 6.45) is 5.62. The molecule has 4 nitrogen and oxygen atoms in total. The van der Waals surface area contributed by atoms with Gasteiger partial charge in [0.15, 0.2) is 5.78 Å². The minimum absolute atomic E-state index is 0.223. The number of fused-ring (bicyclic) bond motifs is 2. The number of piperidine rings is 1. The minimum atomic E-state index is -0.223. The van der Waals surface area contributed by atoms with Gasteiger partial charge in [0, 0.05) is 37.3 Å². The average molecular weight is 563 g/mol. The molecule has 216 valence electrons. The Morgan fingerprint density at radius 3 is 2.38 bits per heavy atom. The third-order valence-corrected chi connectivity index (χ3v) is 8.98. The fraction of sp³-hybridized carbons (Fsp3) is 0.324. The van der Waals surface area contributed by atoms with Crippen LogP contribution in [0, 0.1) is 11.7 Å². The molecular formula is C37H39FN2O2. The van der Waals surface area contributed by atoms with Crippen LogP contribution in [0.5, 0.6) is 5.75 Å². The maximum Gasteiger partial charge on any atom is 0.162 e. The highest BCUT2D eigenvalue weighted by atomic mass is 19.1. The Balaban J connectivity index is 1.09. The molecule has 5 heteroatoms. The molecule has 6 rings (SSSR count). The van der Waals surface area contributed by atoms with Crippen LogP contribution in [0.3, 0.4) is 0 Å². The van der Waals surface area contributed by atoms with E-state index in [2.05, 4.69) is 52.3 Å². The first-order valence-electron chi connectivity index (χ1n) is 15.2. The van der Waals surface area contributed by atoms with Crippen LogP contribution in [-0.2, 0) is 32.5 Å². The van der Waals surface area contributed by atoms with Crippen molar-refractivity contribution in [1.82, 2.24) is 4.90 Å². The van der Waals surface area contributed by atoms with Gasteiger partial charge in [-0.2, -0.15) is 0 Å². The molecule has 4 aromatic carbocycles. The van der Waals surface area contributed by atoms with Gasteiger partial charge in [0.05, 0.1) is 0 Å². The van der Waals surface area contributed by atoms with Gasteiger partial charge in [0.25, 0.3) is 0 Å². The number of hydrogen-bond acceptors (Lipinski definition) is 4. The van der Waals surface area contributed by atoms with Gasteiger partial charge in [-0.25, -0.2) is 4.39 Å². The zero-order chi connectivity index (χ0) is 28.9. The Labute approximate surface area is 248 Å². The molecule has 0 radical (unpaired) electrons. The van der Waals surface area contributed by atoms with Gasteiger partial charge in [-0.3, -0.25) is 9.69 Å². The summed E-state index contributed by atoms with van der Waals surface area (Å²) in [5, 5.41) is 9.75. The highest BCUT2D eigenvalue weighted by Crippen LogP contribution is 2.31. The summed E-state index contributed by atoms with van der Waals surface area (Å²) in [5.74, 6) is 0.896. The smallest absolute Gasteiger partial charge is 0.162 e. The van der Waals surface area contributed by atoms with Gasteiger partial charge in [0.2, 0.25) is 0 Å². The van der Waals surface area contributed by atoms with E-state index in [9.17, 15) is 14.3 Å². The topological polar surface area (TPSA) is 43.8 Å². The van der Waals surface area contributed by atoms with Gasteiger partial charge in [-0.1, -0.05) is 54.6 Å². The molecule has 2 aliphatic heterocycles. The van der Waals surface area contributed by atoms with Gasteiger partial charge in [0.1, 0.15) is 11.6 Å². The van der Waals surface area contributed by atoms with Crippen molar-refractivity contribution in [1.29, 1.82) is 0 Å². The number of hydrogen-bond donors (Lipinski definition) is 1. The first-order valence-corrected chi connectivity index (χ1v) is 15.2. The number of rotatable bonds is 8. The summed E-state index contributed by atoms with van der Waals surface area (Å²) >= 11 is 0. The molecule has 2 heterocycles. The third-order valence-electron chi connectivity index (χ3n) is 8.98. The molecular weight excluding hydrogens is 523 g/mol. The molecule has 0 saturated carbocycles. The fourth-order valence-corrected chi connectivity index (χ4v) is 6.56. The van der Waals surface area contributed by atoms with Crippen molar-refractivity contribution in [3.63, 3.8) is 0 Å². The van der Waals surface area contributed by atoms with Crippen molar-refractivity contribution in [2.75, 3.05) is 18.0 Å². The lowest BCUT2D eigenvalue weighted by molar-refractivity contribution is 0.0961. The van der Waals surface area contributed by atoms with Crippen LogP contribution in [0.15, 0.2) is 91.0 Å². The molecule has 0 amide bonds. The molecule has 1 N–H and O–H groups in total. The molecule has 0 atom stereocenters. The largest absolute Gasteiger partial charge is 0.508 e. The van der Waals surface area contributed by atoms with E-state index >= 15 is 0 Å². The van der Waals surface area contributed by atoms with Gasteiger partial charge < -0.3 is 10.0 Å². The lowest BCUT2D eigenvalue weighted by atomic mass is 9.89. The molecule has 4 aromatic rings. The third kappa shape index (κ3) is 6.91. The van der Waals surface area contributed by atoms with Crippen LogP contribution < -0.4 is 4.90 Å². The second-order valence-corrected chi connectivity index (χ2v) is 11.9. The Kier molecular flexibility index (Phi) is 8.66. The first kappa shape index (κ1) is 28.2. The standard InChI is InChI=1S/C37H39FN2O2/c38-34-15-8-28(9-16-34)25-40-26-33-23-32(14-12-30(33)11-13-31-5-1-2-7-36(31)40)37(42)17-10-27-18-20-39(21-19-27)24-29-4-3-6-35(41)22-29/h1-9,12,14-16,22-23,27,41H,10-11,13,17-21,24-26H2. The number of likely N-dealkylation sites (tertiary alicyclic amines) is 1. The van der Waals surface area contributed by atoms with E-state index < -0.39 is 0 Å². The molecule has 0 aromatic heterocycles. The Morgan fingerprint density at radius 2 is 1.57 bits per heavy atom. The summed E-state index contributed by atoms with van der Waals surface area (Å²) < 4.78 is 13.6. The van der Waals surface area contributed by atoms with E-state index in [4.69, 9.17) is 0 Å². The van der Waals surface area contributed by atoms with Crippen molar-refractivity contribution in [2.45, 2.75) is 58.2 Å². The summed E-state index contributed by atoms with van der Waals surface area (Å²) in [6.45, 7) is 4.30. The Bertz CT molecular complexity index is 1530. The molecule has 1 fully saturated rings. The summed E-state index contributed by atoms with van der Waals surface area (Å²) in [4.78, 5) is 18.2. The van der Waals surface area contributed by atoms with Crippen LogP contribution in [-0.4, -0.2) is 28.9 Å². The predicted octanol–water partition coefficient (Wildman–Crippen LogP) is 7.71. The first-order chi connectivity index (χ1) is 20.5. The number of phenolic OH excluding ortho intramolecular Hbond substituents is 1. The van der Waals surface area contributed by atoms with Crippen molar-refractivity contribution in [2.24, 2.45) is 5.92 Å². The Hall–Kier alpha value is -3.96. The predicted molar refractivity (Wildman–Crippen MR) is 166 cm³/mol. The number of Topliss-reactive ketones (excluding diaryl/α,β-unsaturated/α-hetero) is 1.